The second-order valence-corrected chi connectivity index (χ2v) is 6.10. The van der Waals surface area contributed by atoms with Gasteiger partial charge in [-0.25, -0.2) is 9.50 Å². The summed E-state index contributed by atoms with van der Waals surface area (Å²) in [7, 11) is 0. The van der Waals surface area contributed by atoms with Crippen LogP contribution in [0.4, 0.5) is 0 Å². The van der Waals surface area contributed by atoms with Crippen molar-refractivity contribution in [2.24, 2.45) is 0 Å². The Morgan fingerprint density at radius 2 is 2.32 bits per heavy atom. The van der Waals surface area contributed by atoms with Crippen molar-refractivity contribution in [1.82, 2.24) is 24.5 Å². The van der Waals surface area contributed by atoms with E-state index in [0.717, 1.165) is 25.3 Å². The molecule has 0 aliphatic carbocycles. The first-order valence-corrected chi connectivity index (χ1v) is 7.97. The molecule has 3 aromatic heterocycles. The highest BCUT2D eigenvalue weighted by molar-refractivity contribution is 5.53. The van der Waals surface area contributed by atoms with Gasteiger partial charge in [0.15, 0.2) is 0 Å². The molecule has 0 radical (unpaired) electrons. The minimum absolute atomic E-state index is 0.518. The highest BCUT2D eigenvalue weighted by Crippen LogP contribution is 2.26. The molecule has 0 bridgehead atoms. The average molecular weight is 295 g/mol. The molecule has 22 heavy (non-hydrogen) atoms. The number of rotatable bonds is 4. The van der Waals surface area contributed by atoms with Gasteiger partial charge in [-0.05, 0) is 31.9 Å². The van der Waals surface area contributed by atoms with E-state index in [-0.39, 0.29) is 0 Å². The minimum atomic E-state index is 0.518. The number of aromatic nitrogens is 4. The minimum Gasteiger partial charge on any atom is -0.334 e. The average Bonchev–Trinajstić information content (AvgIpc) is 3.11. The predicted octanol–water partition coefficient (Wildman–Crippen LogP) is 2.51. The first-order valence-electron chi connectivity index (χ1n) is 7.97. The first-order chi connectivity index (χ1) is 10.8. The normalized spacial score (nSPS) is 17.8. The van der Waals surface area contributed by atoms with Crippen LogP contribution in [-0.4, -0.2) is 25.7 Å². The van der Waals surface area contributed by atoms with Crippen molar-refractivity contribution < 1.29 is 0 Å². The smallest absolute Gasteiger partial charge is 0.113 e. The van der Waals surface area contributed by atoms with E-state index in [2.05, 4.69) is 40.2 Å². The van der Waals surface area contributed by atoms with E-state index >= 15 is 0 Å². The topological polar surface area (TPSA) is 47.2 Å². The van der Waals surface area contributed by atoms with E-state index in [0.29, 0.717) is 5.92 Å². The molecule has 0 spiro atoms. The third kappa shape index (κ3) is 2.41. The van der Waals surface area contributed by atoms with Crippen molar-refractivity contribution >= 4 is 5.52 Å². The van der Waals surface area contributed by atoms with Gasteiger partial charge in [0, 0.05) is 43.5 Å². The number of aryl methyl sites for hydroxylation is 2. The fraction of sp³-hybridized carbons (Fsp3) is 0.412. The molecule has 0 aromatic carbocycles. The van der Waals surface area contributed by atoms with Crippen LogP contribution in [0.15, 0.2) is 36.8 Å². The molecule has 1 N–H and O–H groups in total. The Bertz CT molecular complexity index is 785. The van der Waals surface area contributed by atoms with E-state index in [1.807, 2.05) is 23.0 Å². The summed E-state index contributed by atoms with van der Waals surface area (Å²) in [5, 5.41) is 7.98. The van der Waals surface area contributed by atoms with Crippen molar-refractivity contribution in [3.05, 3.63) is 53.9 Å². The van der Waals surface area contributed by atoms with Gasteiger partial charge in [-0.2, -0.15) is 5.10 Å². The lowest BCUT2D eigenvalue weighted by Gasteiger charge is -2.23. The summed E-state index contributed by atoms with van der Waals surface area (Å²) in [4.78, 5) is 4.70. The van der Waals surface area contributed by atoms with Crippen molar-refractivity contribution in [2.75, 3.05) is 6.54 Å². The molecule has 0 amide bonds. The van der Waals surface area contributed by atoms with Crippen LogP contribution in [0.2, 0.25) is 0 Å². The molecule has 0 saturated carbocycles. The number of hydrogen-bond donors (Lipinski definition) is 1. The molecular weight excluding hydrogens is 274 g/mol. The molecule has 5 heteroatoms. The molecule has 0 fully saturated rings. The third-order valence-corrected chi connectivity index (χ3v) is 4.46. The van der Waals surface area contributed by atoms with Gasteiger partial charge in [-0.15, -0.1) is 0 Å². The number of pyridine rings is 1. The molecule has 114 valence electrons. The number of fused-ring (bicyclic) bond motifs is 2. The van der Waals surface area contributed by atoms with Crippen LogP contribution in [-0.2, 0) is 13.1 Å². The summed E-state index contributed by atoms with van der Waals surface area (Å²) in [6.07, 6.45) is 8.57. The molecule has 4 heterocycles. The molecular formula is C17H21N5. The Hall–Kier alpha value is -2.14. The van der Waals surface area contributed by atoms with E-state index < -0.39 is 0 Å². The summed E-state index contributed by atoms with van der Waals surface area (Å²) in [6, 6.07) is 6.17. The van der Waals surface area contributed by atoms with Crippen LogP contribution in [0, 0.1) is 6.92 Å². The Morgan fingerprint density at radius 1 is 1.36 bits per heavy atom. The zero-order valence-electron chi connectivity index (χ0n) is 12.9. The van der Waals surface area contributed by atoms with E-state index in [9.17, 15) is 0 Å². The molecule has 1 atom stereocenters. The lowest BCUT2D eigenvalue weighted by Crippen LogP contribution is -2.26. The van der Waals surface area contributed by atoms with Gasteiger partial charge in [0.2, 0.25) is 0 Å². The van der Waals surface area contributed by atoms with Crippen LogP contribution < -0.4 is 5.32 Å². The first kappa shape index (κ1) is 13.5. The zero-order chi connectivity index (χ0) is 14.9. The molecule has 1 aliphatic rings. The molecule has 5 nitrogen and oxygen atoms in total. The van der Waals surface area contributed by atoms with Gasteiger partial charge >= 0.3 is 0 Å². The van der Waals surface area contributed by atoms with Crippen LogP contribution in [0.25, 0.3) is 5.52 Å². The molecule has 3 aromatic rings. The summed E-state index contributed by atoms with van der Waals surface area (Å²) in [5.74, 6) is 1.76. The fourth-order valence-electron chi connectivity index (χ4n) is 3.41. The Morgan fingerprint density at radius 3 is 3.27 bits per heavy atom. The third-order valence-electron chi connectivity index (χ3n) is 4.46. The van der Waals surface area contributed by atoms with Crippen LogP contribution in [0.3, 0.4) is 0 Å². The lowest BCUT2D eigenvalue weighted by atomic mass is 9.99. The highest BCUT2D eigenvalue weighted by Gasteiger charge is 2.22. The van der Waals surface area contributed by atoms with Crippen LogP contribution >= 0.6 is 0 Å². The summed E-state index contributed by atoms with van der Waals surface area (Å²) < 4.78 is 4.24. The second-order valence-electron chi connectivity index (χ2n) is 6.10. The van der Waals surface area contributed by atoms with Gasteiger partial charge < -0.3 is 9.88 Å². The Kier molecular flexibility index (Phi) is 3.42. The molecule has 4 rings (SSSR count). The van der Waals surface area contributed by atoms with Crippen molar-refractivity contribution in [3.63, 3.8) is 0 Å². The van der Waals surface area contributed by atoms with Crippen molar-refractivity contribution in [3.8, 4) is 0 Å². The SMILES string of the molecule is Cc1cn2c(n1)[C@@H](CNCc1cnn3ccccc13)CCC2. The van der Waals surface area contributed by atoms with Gasteiger partial charge in [-0.1, -0.05) is 6.07 Å². The number of nitrogens with zero attached hydrogens (tertiary/aromatic N) is 4. The van der Waals surface area contributed by atoms with Crippen molar-refractivity contribution in [1.29, 1.82) is 0 Å². The van der Waals surface area contributed by atoms with Gasteiger partial charge in [0.05, 0.1) is 17.4 Å². The lowest BCUT2D eigenvalue weighted by molar-refractivity contribution is 0.423. The van der Waals surface area contributed by atoms with E-state index in [1.54, 1.807) is 0 Å². The molecule has 0 unspecified atom stereocenters. The standard InChI is InChI=1S/C17H21N5/c1-13-12-21-7-4-5-14(17(21)20-13)9-18-10-15-11-19-22-8-3-2-6-16(15)22/h2-3,6,8,11-12,14,18H,4-5,7,9-10H2,1H3/t14-/m1/s1. The van der Waals surface area contributed by atoms with Gasteiger partial charge in [0.25, 0.3) is 0 Å². The summed E-state index contributed by atoms with van der Waals surface area (Å²) in [5.41, 5.74) is 3.55. The maximum atomic E-state index is 4.70. The number of imidazole rings is 1. The monoisotopic (exact) mass is 295 g/mol. The number of hydrogen-bond acceptors (Lipinski definition) is 3. The quantitative estimate of drug-likeness (QED) is 0.804. The maximum Gasteiger partial charge on any atom is 0.113 e. The fourth-order valence-corrected chi connectivity index (χ4v) is 3.41. The largest absolute Gasteiger partial charge is 0.334 e. The predicted molar refractivity (Wildman–Crippen MR) is 85.8 cm³/mol. The van der Waals surface area contributed by atoms with Gasteiger partial charge in [0.1, 0.15) is 5.82 Å². The second kappa shape index (κ2) is 5.57. The van der Waals surface area contributed by atoms with Crippen LogP contribution in [0.1, 0.15) is 35.8 Å². The van der Waals surface area contributed by atoms with Crippen molar-refractivity contribution in [2.45, 2.75) is 38.8 Å². The maximum absolute atomic E-state index is 4.70. The zero-order valence-corrected chi connectivity index (χ0v) is 12.9. The Balaban J connectivity index is 1.43. The molecule has 1 aliphatic heterocycles. The van der Waals surface area contributed by atoms with Crippen LogP contribution in [0.5, 0.6) is 0 Å². The van der Waals surface area contributed by atoms with E-state index in [4.69, 9.17) is 4.98 Å². The molecule has 0 saturated heterocycles. The summed E-state index contributed by atoms with van der Waals surface area (Å²) >= 11 is 0. The highest BCUT2D eigenvalue weighted by atomic mass is 15.2. The summed E-state index contributed by atoms with van der Waals surface area (Å²) in [6.45, 7) is 5.01. The number of nitrogens with one attached hydrogen (secondary N) is 1. The van der Waals surface area contributed by atoms with Gasteiger partial charge in [-0.3, -0.25) is 0 Å². The Labute approximate surface area is 130 Å². The van der Waals surface area contributed by atoms with E-state index in [1.165, 1.54) is 29.7 Å².